The Morgan fingerprint density at radius 2 is 2.13 bits per heavy atom. The predicted molar refractivity (Wildman–Crippen MR) is 92.0 cm³/mol. The zero-order chi connectivity index (χ0) is 17.0. The van der Waals surface area contributed by atoms with E-state index in [1.165, 1.54) is 6.20 Å². The molecule has 1 heterocycles. The van der Waals surface area contributed by atoms with Crippen molar-refractivity contribution >= 4 is 23.8 Å². The van der Waals surface area contributed by atoms with Gasteiger partial charge in [-0.1, -0.05) is 24.6 Å². The van der Waals surface area contributed by atoms with Gasteiger partial charge in [0.15, 0.2) is 6.29 Å². The summed E-state index contributed by atoms with van der Waals surface area (Å²) in [6.07, 6.45) is 3.01. The van der Waals surface area contributed by atoms with Crippen molar-refractivity contribution in [3.63, 3.8) is 0 Å². The molecule has 0 aliphatic carbocycles. The maximum absolute atomic E-state index is 12.3. The van der Waals surface area contributed by atoms with Crippen LogP contribution < -0.4 is 5.32 Å². The molecule has 5 heteroatoms. The first-order valence-corrected chi connectivity index (χ1v) is 7.86. The third-order valence-electron chi connectivity index (χ3n) is 3.78. The molecular formula is C18H19ClN2O2. The third-order valence-corrected chi connectivity index (χ3v) is 4.09. The highest BCUT2D eigenvalue weighted by atomic mass is 35.5. The summed E-state index contributed by atoms with van der Waals surface area (Å²) in [6.45, 7) is 5.91. The Kier molecular flexibility index (Phi) is 5.50. The monoisotopic (exact) mass is 330 g/mol. The summed E-state index contributed by atoms with van der Waals surface area (Å²) >= 11 is 5.92. The van der Waals surface area contributed by atoms with Crippen LogP contribution in [0.15, 0.2) is 30.5 Å². The molecule has 1 atom stereocenters. The van der Waals surface area contributed by atoms with Crippen molar-refractivity contribution in [1.82, 2.24) is 10.3 Å². The van der Waals surface area contributed by atoms with Gasteiger partial charge in [0.2, 0.25) is 0 Å². The molecule has 0 bridgehead atoms. The molecule has 0 aliphatic rings. The van der Waals surface area contributed by atoms with Crippen molar-refractivity contribution in [1.29, 1.82) is 0 Å². The lowest BCUT2D eigenvalue weighted by Crippen LogP contribution is -2.31. The molecule has 0 spiro atoms. The second kappa shape index (κ2) is 7.38. The summed E-state index contributed by atoms with van der Waals surface area (Å²) in [5.41, 5.74) is 3.34. The Balaban J connectivity index is 2.41. The van der Waals surface area contributed by atoms with E-state index in [0.717, 1.165) is 17.5 Å². The van der Waals surface area contributed by atoms with Gasteiger partial charge in [0.1, 0.15) is 0 Å². The minimum absolute atomic E-state index is 0.113. The van der Waals surface area contributed by atoms with E-state index in [-0.39, 0.29) is 11.9 Å². The lowest BCUT2D eigenvalue weighted by molar-refractivity contribution is 0.0939. The Hall–Kier alpha value is -2.20. The summed E-state index contributed by atoms with van der Waals surface area (Å²) in [5.74, 6) is -0.120. The van der Waals surface area contributed by atoms with Crippen LogP contribution in [0.5, 0.6) is 0 Å². The van der Waals surface area contributed by atoms with Crippen LogP contribution in [0.4, 0.5) is 0 Å². The second-order valence-electron chi connectivity index (χ2n) is 5.52. The second-order valence-corrected chi connectivity index (χ2v) is 5.93. The molecule has 0 radical (unpaired) electrons. The molecule has 4 nitrogen and oxygen atoms in total. The van der Waals surface area contributed by atoms with Gasteiger partial charge in [-0.3, -0.25) is 14.6 Å². The summed E-state index contributed by atoms with van der Waals surface area (Å²) in [6, 6.07) is 7.19. The average molecular weight is 331 g/mol. The van der Waals surface area contributed by atoms with Gasteiger partial charge in [0.25, 0.3) is 5.91 Å². The van der Waals surface area contributed by atoms with E-state index in [9.17, 15) is 9.59 Å². The van der Waals surface area contributed by atoms with Crippen molar-refractivity contribution in [2.75, 3.05) is 0 Å². The van der Waals surface area contributed by atoms with E-state index in [0.29, 0.717) is 28.1 Å². The number of rotatable bonds is 5. The molecule has 1 aromatic carbocycles. The van der Waals surface area contributed by atoms with Gasteiger partial charge in [-0.15, -0.1) is 0 Å². The van der Waals surface area contributed by atoms with Gasteiger partial charge < -0.3 is 5.32 Å². The molecule has 0 saturated carbocycles. The highest BCUT2D eigenvalue weighted by Crippen LogP contribution is 2.25. The number of aryl methyl sites for hydroxylation is 1. The van der Waals surface area contributed by atoms with Crippen molar-refractivity contribution < 1.29 is 9.59 Å². The van der Waals surface area contributed by atoms with Gasteiger partial charge in [0, 0.05) is 28.9 Å². The van der Waals surface area contributed by atoms with E-state index >= 15 is 0 Å². The van der Waals surface area contributed by atoms with Crippen LogP contribution in [0.3, 0.4) is 0 Å². The van der Waals surface area contributed by atoms with Crippen molar-refractivity contribution in [2.24, 2.45) is 0 Å². The third kappa shape index (κ3) is 3.96. The molecule has 120 valence electrons. The first-order valence-electron chi connectivity index (χ1n) is 7.48. The number of halogens is 1. The van der Waals surface area contributed by atoms with E-state index < -0.39 is 0 Å². The number of aromatic nitrogens is 1. The van der Waals surface area contributed by atoms with Crippen LogP contribution in [0.2, 0.25) is 5.02 Å². The van der Waals surface area contributed by atoms with E-state index in [1.807, 2.05) is 26.8 Å². The molecule has 1 N–H and O–H groups in total. The molecule has 0 aliphatic heterocycles. The highest BCUT2D eigenvalue weighted by Gasteiger charge is 2.13. The number of carbonyl (C=O) groups excluding carboxylic acids is 2. The Bertz CT molecular complexity index is 744. The largest absolute Gasteiger partial charge is 0.350 e. The lowest BCUT2D eigenvalue weighted by Gasteiger charge is -2.13. The minimum atomic E-state index is -0.120. The SMILES string of the molecule is CCC(C)NC(=O)c1ccc(C)c(-c2cc(C=O)c(Cl)cn2)c1. The van der Waals surface area contributed by atoms with Crippen LogP contribution in [0.1, 0.15) is 46.5 Å². The lowest BCUT2D eigenvalue weighted by atomic mass is 10.0. The molecule has 0 saturated heterocycles. The summed E-state index contributed by atoms with van der Waals surface area (Å²) in [7, 11) is 0. The zero-order valence-corrected chi connectivity index (χ0v) is 14.1. The molecule has 1 unspecified atom stereocenters. The summed E-state index contributed by atoms with van der Waals surface area (Å²) < 4.78 is 0. The molecule has 1 amide bonds. The Morgan fingerprint density at radius 1 is 1.39 bits per heavy atom. The number of nitrogens with zero attached hydrogens (tertiary/aromatic N) is 1. The zero-order valence-electron chi connectivity index (χ0n) is 13.4. The molecule has 1 aromatic heterocycles. The highest BCUT2D eigenvalue weighted by molar-refractivity contribution is 6.32. The van der Waals surface area contributed by atoms with E-state index in [2.05, 4.69) is 10.3 Å². The standard InChI is InChI=1S/C18H19ClN2O2/c1-4-12(3)21-18(23)13-6-5-11(2)15(7-13)17-8-14(10-22)16(19)9-20-17/h5-10,12H,4H2,1-3H3,(H,21,23). The minimum Gasteiger partial charge on any atom is -0.350 e. The normalized spacial score (nSPS) is 11.8. The maximum atomic E-state index is 12.3. The van der Waals surface area contributed by atoms with Crippen LogP contribution in [-0.2, 0) is 0 Å². The number of carbonyl (C=O) groups is 2. The maximum Gasteiger partial charge on any atom is 0.251 e. The number of nitrogens with one attached hydrogen (secondary N) is 1. The number of aldehydes is 1. The van der Waals surface area contributed by atoms with Crippen LogP contribution >= 0.6 is 11.6 Å². The summed E-state index contributed by atoms with van der Waals surface area (Å²) in [5, 5.41) is 3.25. The van der Waals surface area contributed by atoms with Crippen LogP contribution in [0.25, 0.3) is 11.3 Å². The van der Waals surface area contributed by atoms with Gasteiger partial charge in [-0.25, -0.2) is 0 Å². The molecule has 2 rings (SSSR count). The van der Waals surface area contributed by atoms with Crippen LogP contribution in [-0.4, -0.2) is 23.2 Å². The van der Waals surface area contributed by atoms with Gasteiger partial charge in [-0.2, -0.15) is 0 Å². The fourth-order valence-corrected chi connectivity index (χ4v) is 2.29. The quantitative estimate of drug-likeness (QED) is 0.841. The predicted octanol–water partition coefficient (Wildman–Crippen LogP) is 4.05. The van der Waals surface area contributed by atoms with Gasteiger partial charge >= 0.3 is 0 Å². The number of pyridine rings is 1. The first-order chi connectivity index (χ1) is 11.0. The molecule has 2 aromatic rings. The average Bonchev–Trinajstić information content (AvgIpc) is 2.55. The molecule has 23 heavy (non-hydrogen) atoms. The van der Waals surface area contributed by atoms with Crippen LogP contribution in [0, 0.1) is 6.92 Å². The molecular weight excluding hydrogens is 312 g/mol. The first kappa shape index (κ1) is 17.2. The summed E-state index contributed by atoms with van der Waals surface area (Å²) in [4.78, 5) is 27.6. The Morgan fingerprint density at radius 3 is 2.78 bits per heavy atom. The fourth-order valence-electron chi connectivity index (χ4n) is 2.14. The number of hydrogen-bond donors (Lipinski definition) is 1. The Labute approximate surface area is 140 Å². The number of amides is 1. The van der Waals surface area contributed by atoms with Crippen molar-refractivity contribution in [3.05, 3.63) is 52.2 Å². The van der Waals surface area contributed by atoms with Gasteiger partial charge in [0.05, 0.1) is 10.7 Å². The van der Waals surface area contributed by atoms with Crippen molar-refractivity contribution in [2.45, 2.75) is 33.2 Å². The van der Waals surface area contributed by atoms with Crippen molar-refractivity contribution in [3.8, 4) is 11.3 Å². The number of hydrogen-bond acceptors (Lipinski definition) is 3. The fraction of sp³-hybridized carbons (Fsp3) is 0.278. The van der Waals surface area contributed by atoms with Gasteiger partial charge in [-0.05, 0) is 44.0 Å². The topological polar surface area (TPSA) is 59.1 Å². The van der Waals surface area contributed by atoms with E-state index in [1.54, 1.807) is 18.2 Å². The molecule has 0 fully saturated rings. The smallest absolute Gasteiger partial charge is 0.251 e. The van der Waals surface area contributed by atoms with E-state index in [4.69, 9.17) is 11.6 Å². The number of benzene rings is 1.